The normalized spacial score (nSPS) is 12.1. The molecule has 4 aromatic rings. The van der Waals surface area contributed by atoms with Gasteiger partial charge in [0.15, 0.2) is 11.8 Å². The maximum Gasteiger partial charge on any atom is 0.408 e. The standard InChI is InChI=1S/C30H28ClNO6/c1-18-21-16-23(31)25(17-24(21)36-27(33)22(18)15-19-11-7-5-8-12-19)37-28(34)26(20-13-9-6-10-14-20)32-29(35)38-30(2,3)4/h5-14,16-17,26H,15H2,1-4H3,(H,32,35)/t26-/m0/s1. The van der Waals surface area contributed by atoms with Crippen LogP contribution in [-0.4, -0.2) is 17.7 Å². The molecule has 196 valence electrons. The lowest BCUT2D eigenvalue weighted by atomic mass is 9.99. The Labute approximate surface area is 225 Å². The Bertz CT molecular complexity index is 1520. The molecule has 0 saturated heterocycles. The van der Waals surface area contributed by atoms with Crippen molar-refractivity contribution in [2.24, 2.45) is 0 Å². The Hall–Kier alpha value is -4.10. The van der Waals surface area contributed by atoms with E-state index < -0.39 is 29.3 Å². The summed E-state index contributed by atoms with van der Waals surface area (Å²) in [4.78, 5) is 38.5. The molecule has 1 N–H and O–H groups in total. The van der Waals surface area contributed by atoms with Gasteiger partial charge in [-0.15, -0.1) is 0 Å². The van der Waals surface area contributed by atoms with Crippen LogP contribution in [0.25, 0.3) is 11.0 Å². The van der Waals surface area contributed by atoms with Crippen LogP contribution in [0, 0.1) is 6.92 Å². The van der Waals surface area contributed by atoms with Gasteiger partial charge in [0.1, 0.15) is 11.2 Å². The summed E-state index contributed by atoms with van der Waals surface area (Å²) < 4.78 is 16.5. The molecule has 0 aliphatic heterocycles. The van der Waals surface area contributed by atoms with Crippen LogP contribution in [0.1, 0.15) is 49.1 Å². The van der Waals surface area contributed by atoms with Crippen LogP contribution in [0.3, 0.4) is 0 Å². The third kappa shape index (κ3) is 6.42. The second-order valence-corrected chi connectivity index (χ2v) is 10.3. The van der Waals surface area contributed by atoms with E-state index in [1.165, 1.54) is 6.07 Å². The minimum absolute atomic E-state index is 0.00514. The minimum Gasteiger partial charge on any atom is -0.444 e. The summed E-state index contributed by atoms with van der Waals surface area (Å²) in [6.45, 7) is 6.99. The van der Waals surface area contributed by atoms with Gasteiger partial charge in [0, 0.05) is 23.4 Å². The molecular formula is C30H28ClNO6. The average Bonchev–Trinajstić information content (AvgIpc) is 2.86. The van der Waals surface area contributed by atoms with Crippen LogP contribution in [-0.2, 0) is 16.0 Å². The van der Waals surface area contributed by atoms with Gasteiger partial charge in [-0.05, 0) is 50.5 Å². The molecule has 7 nitrogen and oxygen atoms in total. The van der Waals surface area contributed by atoms with Crippen LogP contribution >= 0.6 is 11.6 Å². The quantitative estimate of drug-likeness (QED) is 0.172. The molecule has 1 atom stereocenters. The van der Waals surface area contributed by atoms with Crippen molar-refractivity contribution in [2.45, 2.75) is 45.8 Å². The highest BCUT2D eigenvalue weighted by molar-refractivity contribution is 6.33. The topological polar surface area (TPSA) is 94.8 Å². The Balaban J connectivity index is 1.64. The number of esters is 1. The van der Waals surface area contributed by atoms with Gasteiger partial charge in [0.25, 0.3) is 0 Å². The first-order valence-electron chi connectivity index (χ1n) is 12.1. The zero-order valence-corrected chi connectivity index (χ0v) is 22.3. The van der Waals surface area contributed by atoms with Gasteiger partial charge in [-0.25, -0.2) is 14.4 Å². The Kier molecular flexibility index (Phi) is 7.88. The summed E-state index contributed by atoms with van der Waals surface area (Å²) in [5.41, 5.74) is 1.71. The monoisotopic (exact) mass is 533 g/mol. The van der Waals surface area contributed by atoms with Gasteiger partial charge in [0.2, 0.25) is 0 Å². The first kappa shape index (κ1) is 26.9. The van der Waals surface area contributed by atoms with Crippen molar-refractivity contribution in [3.63, 3.8) is 0 Å². The molecule has 0 unspecified atom stereocenters. The van der Waals surface area contributed by atoms with E-state index >= 15 is 0 Å². The molecule has 0 fully saturated rings. The predicted octanol–water partition coefficient (Wildman–Crippen LogP) is 6.52. The highest BCUT2D eigenvalue weighted by atomic mass is 35.5. The van der Waals surface area contributed by atoms with Crippen molar-refractivity contribution in [3.05, 3.63) is 110 Å². The van der Waals surface area contributed by atoms with Gasteiger partial charge in [0.05, 0.1) is 5.02 Å². The second-order valence-electron chi connectivity index (χ2n) is 9.85. The first-order valence-corrected chi connectivity index (χ1v) is 12.5. The zero-order chi connectivity index (χ0) is 27.4. The maximum atomic E-state index is 13.3. The molecule has 1 aromatic heterocycles. The number of benzene rings is 3. The van der Waals surface area contributed by atoms with Gasteiger partial charge < -0.3 is 19.2 Å². The zero-order valence-electron chi connectivity index (χ0n) is 21.5. The van der Waals surface area contributed by atoms with E-state index in [-0.39, 0.29) is 16.4 Å². The second kappa shape index (κ2) is 11.1. The highest BCUT2D eigenvalue weighted by Crippen LogP contribution is 2.33. The van der Waals surface area contributed by atoms with Gasteiger partial charge >= 0.3 is 17.7 Å². The smallest absolute Gasteiger partial charge is 0.408 e. The summed E-state index contributed by atoms with van der Waals surface area (Å²) in [6.07, 6.45) is -0.366. The molecule has 4 rings (SSSR count). The number of carbonyl (C=O) groups excluding carboxylic acids is 2. The van der Waals surface area contributed by atoms with E-state index in [9.17, 15) is 14.4 Å². The van der Waals surface area contributed by atoms with E-state index in [0.29, 0.717) is 22.9 Å². The summed E-state index contributed by atoms with van der Waals surface area (Å²) in [6, 6.07) is 20.1. The van der Waals surface area contributed by atoms with Gasteiger partial charge in [-0.1, -0.05) is 72.3 Å². The molecule has 0 aliphatic carbocycles. The maximum absolute atomic E-state index is 13.3. The number of nitrogens with one attached hydrogen (secondary N) is 1. The SMILES string of the molecule is Cc1c(Cc2ccccc2)c(=O)oc2cc(OC(=O)[C@@H](NC(=O)OC(C)(C)C)c3ccccc3)c(Cl)cc12. The highest BCUT2D eigenvalue weighted by Gasteiger charge is 2.28. The summed E-state index contributed by atoms with van der Waals surface area (Å²) >= 11 is 6.51. The lowest BCUT2D eigenvalue weighted by Crippen LogP contribution is -2.39. The van der Waals surface area contributed by atoms with Crippen LogP contribution < -0.4 is 15.7 Å². The van der Waals surface area contributed by atoms with Gasteiger partial charge in [-0.2, -0.15) is 0 Å². The van der Waals surface area contributed by atoms with E-state index in [1.807, 2.05) is 37.3 Å². The summed E-state index contributed by atoms with van der Waals surface area (Å²) in [5, 5.41) is 3.34. The molecule has 38 heavy (non-hydrogen) atoms. The number of hydrogen-bond donors (Lipinski definition) is 1. The minimum atomic E-state index is -1.17. The number of carbonyl (C=O) groups is 2. The average molecular weight is 534 g/mol. The number of halogens is 1. The summed E-state index contributed by atoms with van der Waals surface area (Å²) in [5.74, 6) is -0.794. The lowest BCUT2D eigenvalue weighted by Gasteiger charge is -2.23. The number of fused-ring (bicyclic) bond motifs is 1. The molecule has 3 aromatic carbocycles. The lowest BCUT2D eigenvalue weighted by molar-refractivity contribution is -0.137. The van der Waals surface area contributed by atoms with Gasteiger partial charge in [-0.3, -0.25) is 0 Å². The van der Waals surface area contributed by atoms with Crippen LogP contribution in [0.5, 0.6) is 5.75 Å². The first-order chi connectivity index (χ1) is 18.0. The Morgan fingerprint density at radius 3 is 2.26 bits per heavy atom. The number of ether oxygens (including phenoxy) is 2. The summed E-state index contributed by atoms with van der Waals surface area (Å²) in [7, 11) is 0. The molecule has 1 amide bonds. The predicted molar refractivity (Wildman–Crippen MR) is 146 cm³/mol. The fraction of sp³-hybridized carbons (Fsp3) is 0.233. The third-order valence-corrected chi connectivity index (χ3v) is 6.10. The van der Waals surface area contributed by atoms with Crippen molar-refractivity contribution in [1.29, 1.82) is 0 Å². The largest absolute Gasteiger partial charge is 0.444 e. The third-order valence-electron chi connectivity index (χ3n) is 5.80. The van der Waals surface area contributed by atoms with Crippen molar-refractivity contribution in [3.8, 4) is 5.75 Å². The van der Waals surface area contributed by atoms with Crippen LogP contribution in [0.4, 0.5) is 4.79 Å². The van der Waals surface area contributed by atoms with Crippen molar-refractivity contribution in [1.82, 2.24) is 5.32 Å². The van der Waals surface area contributed by atoms with E-state index in [2.05, 4.69) is 5.32 Å². The Morgan fingerprint density at radius 1 is 1.00 bits per heavy atom. The molecule has 0 saturated carbocycles. The van der Waals surface area contributed by atoms with Crippen LogP contribution in [0.2, 0.25) is 5.02 Å². The molecular weight excluding hydrogens is 506 g/mol. The molecule has 1 heterocycles. The fourth-order valence-electron chi connectivity index (χ4n) is 3.99. The number of alkyl carbamates (subject to hydrolysis) is 1. The number of hydrogen-bond acceptors (Lipinski definition) is 6. The van der Waals surface area contributed by atoms with E-state index in [0.717, 1.165) is 11.1 Å². The van der Waals surface area contributed by atoms with Crippen molar-refractivity contribution >= 4 is 34.6 Å². The number of amides is 1. The molecule has 8 heteroatoms. The van der Waals surface area contributed by atoms with Crippen molar-refractivity contribution in [2.75, 3.05) is 0 Å². The molecule has 0 radical (unpaired) electrons. The van der Waals surface area contributed by atoms with Crippen molar-refractivity contribution < 1.29 is 23.5 Å². The van der Waals surface area contributed by atoms with E-state index in [1.54, 1.807) is 57.2 Å². The fourth-order valence-corrected chi connectivity index (χ4v) is 4.19. The van der Waals surface area contributed by atoms with E-state index in [4.69, 9.17) is 25.5 Å². The molecule has 0 spiro atoms. The number of rotatable bonds is 6. The Morgan fingerprint density at radius 2 is 1.63 bits per heavy atom. The number of aryl methyl sites for hydroxylation is 1. The van der Waals surface area contributed by atoms with Crippen LogP contribution in [0.15, 0.2) is 82.0 Å². The molecule has 0 bridgehead atoms. The molecule has 0 aliphatic rings.